The zero-order valence-corrected chi connectivity index (χ0v) is 26.5. The number of ketones is 1. The quantitative estimate of drug-likeness (QED) is 0.0544. The number of anilines is 1. The summed E-state index contributed by atoms with van der Waals surface area (Å²) in [5.74, 6) is -0.972. The molecule has 2 heterocycles. The first-order valence-electron chi connectivity index (χ1n) is 14.3. The molecular weight excluding hydrogens is 626 g/mol. The molecule has 8 nitrogen and oxygen atoms in total. The van der Waals surface area contributed by atoms with Gasteiger partial charge < -0.3 is 14.6 Å². The second-order valence-electron chi connectivity index (χ2n) is 10.5. The highest BCUT2D eigenvalue weighted by Gasteiger charge is 2.48. The average molecular weight is 654 g/mol. The summed E-state index contributed by atoms with van der Waals surface area (Å²) in [5.41, 5.74) is 3.45. The van der Waals surface area contributed by atoms with Crippen LogP contribution in [0.4, 0.5) is 9.52 Å². The third kappa shape index (κ3) is 6.51. The molecule has 1 aliphatic rings. The molecule has 232 valence electrons. The first-order valence-corrected chi connectivity index (χ1v) is 16.1. The third-order valence-corrected chi connectivity index (χ3v) is 9.49. The molecule has 0 saturated carbocycles. The van der Waals surface area contributed by atoms with E-state index in [4.69, 9.17) is 9.47 Å². The maximum absolute atomic E-state index is 14.2. The Hall–Kier alpha value is -5.00. The minimum absolute atomic E-state index is 0.0950. The summed E-state index contributed by atoms with van der Waals surface area (Å²) in [5, 5.41) is 20.1. The van der Waals surface area contributed by atoms with Crippen LogP contribution < -0.4 is 14.4 Å². The Morgan fingerprint density at radius 3 is 2.50 bits per heavy atom. The van der Waals surface area contributed by atoms with Crippen molar-refractivity contribution in [3.8, 4) is 11.5 Å². The van der Waals surface area contributed by atoms with Gasteiger partial charge in [0.05, 0.1) is 18.7 Å². The monoisotopic (exact) mass is 653 g/mol. The van der Waals surface area contributed by atoms with Crippen molar-refractivity contribution in [2.24, 2.45) is 0 Å². The van der Waals surface area contributed by atoms with Crippen LogP contribution in [0.3, 0.4) is 0 Å². The summed E-state index contributed by atoms with van der Waals surface area (Å²) in [4.78, 5) is 28.4. The third-order valence-electron chi connectivity index (χ3n) is 7.38. The Morgan fingerprint density at radius 2 is 1.74 bits per heavy atom. The number of hydrogen-bond acceptors (Lipinski definition) is 9. The fraction of sp³-hybridized carbons (Fsp3) is 0.143. The number of Topliss-reactive ketones (excluding diaryl/α,β-unsaturated/α-hetero) is 1. The van der Waals surface area contributed by atoms with Crippen molar-refractivity contribution in [2.75, 3.05) is 12.0 Å². The standard InChI is InChI=1S/C35H28FN3O5S2/c1-21-7-5-8-22(17-21)19-44-26-15-13-23(14-16-26)31(40)29-30(24-10-6-11-27(18-24)43-2)39(33(42)32(29)41)34-37-38-35(46-34)45-20-25-9-3-4-12-28(25)36/h3-18,30,40H,19-20H2,1-2H3. The molecule has 5 aromatic rings. The zero-order chi connectivity index (χ0) is 32.2. The molecule has 6 rings (SSSR count). The van der Waals surface area contributed by atoms with Crippen molar-refractivity contribution in [1.29, 1.82) is 0 Å². The van der Waals surface area contributed by atoms with Crippen LogP contribution in [0.5, 0.6) is 11.5 Å². The Morgan fingerprint density at radius 1 is 0.957 bits per heavy atom. The fourth-order valence-corrected chi connectivity index (χ4v) is 6.96. The van der Waals surface area contributed by atoms with Crippen LogP contribution in [0.15, 0.2) is 107 Å². The fourth-order valence-electron chi connectivity index (χ4n) is 5.10. The van der Waals surface area contributed by atoms with Gasteiger partial charge in [0.15, 0.2) is 4.34 Å². The van der Waals surface area contributed by atoms with Crippen LogP contribution in [-0.4, -0.2) is 34.1 Å². The van der Waals surface area contributed by atoms with Crippen LogP contribution in [0, 0.1) is 12.7 Å². The number of rotatable bonds is 10. The molecule has 11 heteroatoms. The number of carbonyl (C=O) groups excluding carboxylic acids is 2. The highest BCUT2D eigenvalue weighted by Crippen LogP contribution is 2.44. The first-order chi connectivity index (χ1) is 22.3. The minimum Gasteiger partial charge on any atom is -0.507 e. The Bertz CT molecular complexity index is 1940. The number of nitrogens with zero attached hydrogens (tertiary/aromatic N) is 3. The van der Waals surface area contributed by atoms with Crippen LogP contribution in [0.25, 0.3) is 5.76 Å². The molecule has 0 spiro atoms. The van der Waals surface area contributed by atoms with Gasteiger partial charge in [-0.25, -0.2) is 4.39 Å². The van der Waals surface area contributed by atoms with Gasteiger partial charge in [0.25, 0.3) is 5.78 Å². The number of aliphatic hydroxyl groups is 1. The number of halogens is 1. The van der Waals surface area contributed by atoms with Crippen LogP contribution in [0.1, 0.15) is 33.9 Å². The normalized spacial score (nSPS) is 15.7. The molecule has 4 aromatic carbocycles. The number of amides is 1. The maximum Gasteiger partial charge on any atom is 0.301 e. The van der Waals surface area contributed by atoms with Crippen molar-refractivity contribution < 1.29 is 28.6 Å². The number of thioether (sulfide) groups is 1. The summed E-state index contributed by atoms with van der Waals surface area (Å²) in [7, 11) is 1.52. The number of aromatic nitrogens is 2. The summed E-state index contributed by atoms with van der Waals surface area (Å²) in [6.45, 7) is 2.39. The molecule has 1 amide bonds. The summed E-state index contributed by atoms with van der Waals surface area (Å²) in [6.07, 6.45) is 0. The van der Waals surface area contributed by atoms with Crippen molar-refractivity contribution >= 4 is 45.7 Å². The topological polar surface area (TPSA) is 102 Å². The smallest absolute Gasteiger partial charge is 0.301 e. The minimum atomic E-state index is -1.01. The molecule has 1 fully saturated rings. The van der Waals surface area contributed by atoms with Gasteiger partial charge in [0.2, 0.25) is 5.13 Å². The lowest BCUT2D eigenvalue weighted by atomic mass is 9.95. The molecular formula is C35H28FN3O5S2. The number of aliphatic hydroxyl groups excluding tert-OH is 1. The van der Waals surface area contributed by atoms with E-state index >= 15 is 0 Å². The van der Waals surface area contributed by atoms with Crippen molar-refractivity contribution in [3.05, 3.63) is 136 Å². The van der Waals surface area contributed by atoms with E-state index in [0.717, 1.165) is 22.5 Å². The van der Waals surface area contributed by atoms with Crippen molar-refractivity contribution in [1.82, 2.24) is 10.2 Å². The molecule has 0 aliphatic carbocycles. The van der Waals surface area contributed by atoms with Gasteiger partial charge in [-0.05, 0) is 66.1 Å². The molecule has 1 aliphatic heterocycles. The second-order valence-corrected chi connectivity index (χ2v) is 12.7. The molecule has 0 bridgehead atoms. The number of benzene rings is 4. The molecule has 1 unspecified atom stereocenters. The van der Waals surface area contributed by atoms with Gasteiger partial charge in [-0.15, -0.1) is 10.2 Å². The zero-order valence-electron chi connectivity index (χ0n) is 24.8. The SMILES string of the molecule is COc1cccc(C2C(=C(O)c3ccc(OCc4cccc(C)c4)cc3)C(=O)C(=O)N2c2nnc(SCc3ccccc3F)s2)c1. The Balaban J connectivity index is 1.31. The Labute approximate surface area is 273 Å². The first kappa shape index (κ1) is 31.0. The highest BCUT2D eigenvalue weighted by molar-refractivity contribution is 8.00. The number of carbonyl (C=O) groups is 2. The van der Waals surface area contributed by atoms with Crippen LogP contribution in [0.2, 0.25) is 0 Å². The van der Waals surface area contributed by atoms with E-state index in [-0.39, 0.29) is 22.3 Å². The molecule has 1 saturated heterocycles. The predicted molar refractivity (Wildman–Crippen MR) is 176 cm³/mol. The number of aryl methyl sites for hydroxylation is 1. The van der Waals surface area contributed by atoms with Crippen LogP contribution >= 0.6 is 23.1 Å². The summed E-state index contributed by atoms with van der Waals surface area (Å²) >= 11 is 2.37. The maximum atomic E-state index is 14.2. The van der Waals surface area contributed by atoms with E-state index in [1.807, 2.05) is 31.2 Å². The van der Waals surface area contributed by atoms with Gasteiger partial charge in [0.1, 0.15) is 29.7 Å². The predicted octanol–water partition coefficient (Wildman–Crippen LogP) is 7.49. The number of methoxy groups -OCH3 is 1. The highest BCUT2D eigenvalue weighted by atomic mass is 32.2. The van der Waals surface area contributed by atoms with E-state index in [0.29, 0.717) is 44.9 Å². The lowest BCUT2D eigenvalue weighted by molar-refractivity contribution is -0.132. The van der Waals surface area contributed by atoms with Crippen LogP contribution in [-0.2, 0) is 21.9 Å². The van der Waals surface area contributed by atoms with E-state index in [1.54, 1.807) is 66.7 Å². The van der Waals surface area contributed by atoms with Gasteiger partial charge in [-0.3, -0.25) is 14.5 Å². The molecule has 0 radical (unpaired) electrons. The van der Waals surface area contributed by atoms with Gasteiger partial charge >= 0.3 is 5.91 Å². The second kappa shape index (κ2) is 13.6. The van der Waals surface area contributed by atoms with E-state index < -0.39 is 17.7 Å². The van der Waals surface area contributed by atoms with Crippen molar-refractivity contribution in [3.63, 3.8) is 0 Å². The molecule has 46 heavy (non-hydrogen) atoms. The molecule has 1 N–H and O–H groups in total. The van der Waals surface area contributed by atoms with Gasteiger partial charge in [-0.2, -0.15) is 0 Å². The van der Waals surface area contributed by atoms with E-state index in [9.17, 15) is 19.1 Å². The number of hydrogen-bond donors (Lipinski definition) is 1. The lowest BCUT2D eigenvalue weighted by Crippen LogP contribution is -2.29. The van der Waals surface area contributed by atoms with Crippen molar-refractivity contribution in [2.45, 2.75) is 29.7 Å². The van der Waals surface area contributed by atoms with E-state index in [1.165, 1.54) is 29.8 Å². The molecule has 1 atom stereocenters. The lowest BCUT2D eigenvalue weighted by Gasteiger charge is -2.23. The molecule has 1 aromatic heterocycles. The average Bonchev–Trinajstić information content (AvgIpc) is 3.65. The van der Waals surface area contributed by atoms with Gasteiger partial charge in [0, 0.05) is 11.3 Å². The number of ether oxygens (including phenoxy) is 2. The largest absolute Gasteiger partial charge is 0.507 e. The summed E-state index contributed by atoms with van der Waals surface area (Å²) < 4.78 is 26.0. The van der Waals surface area contributed by atoms with E-state index in [2.05, 4.69) is 10.2 Å². The Kier molecular flexibility index (Phi) is 9.13. The van der Waals surface area contributed by atoms with Gasteiger partial charge in [-0.1, -0.05) is 83.3 Å². The summed E-state index contributed by atoms with van der Waals surface area (Å²) in [6, 6.07) is 27.1.